The first kappa shape index (κ1) is 12.6. The van der Waals surface area contributed by atoms with Crippen LogP contribution in [0.2, 0.25) is 4.47 Å². The second kappa shape index (κ2) is 4.61. The molecular formula is C8H11ClN2O2S2. The normalized spacial score (nSPS) is 12.0. The summed E-state index contributed by atoms with van der Waals surface area (Å²) >= 11 is 6.53. The first-order valence-corrected chi connectivity index (χ1v) is 6.69. The van der Waals surface area contributed by atoms with Crippen LogP contribution in [-0.2, 0) is 10.0 Å². The van der Waals surface area contributed by atoms with Crippen LogP contribution in [0.25, 0.3) is 0 Å². The number of halogens is 1. The number of sulfonamides is 1. The summed E-state index contributed by atoms with van der Waals surface area (Å²) in [5, 5.41) is 0. The predicted octanol–water partition coefficient (Wildman–Crippen LogP) is 1.99. The molecule has 0 saturated carbocycles. The van der Waals surface area contributed by atoms with Crippen LogP contribution >= 0.6 is 22.9 Å². The van der Waals surface area contributed by atoms with E-state index in [-0.39, 0.29) is 15.2 Å². The summed E-state index contributed by atoms with van der Waals surface area (Å²) in [4.78, 5) is 3.70. The molecule has 1 aromatic rings. The Morgan fingerprint density at radius 3 is 2.73 bits per heavy atom. The van der Waals surface area contributed by atoms with Gasteiger partial charge in [-0.25, -0.2) is 13.4 Å². The minimum absolute atomic E-state index is 0.149. The van der Waals surface area contributed by atoms with E-state index in [1.54, 1.807) is 6.92 Å². The molecule has 0 spiro atoms. The van der Waals surface area contributed by atoms with Crippen molar-refractivity contribution < 1.29 is 8.42 Å². The SMILES string of the molecule is C=C(C)CN(C)S(=O)(=O)c1cnc(Cl)s1. The van der Waals surface area contributed by atoms with Crippen molar-refractivity contribution in [2.24, 2.45) is 0 Å². The van der Waals surface area contributed by atoms with E-state index in [4.69, 9.17) is 11.6 Å². The lowest BCUT2D eigenvalue weighted by atomic mass is 10.4. The van der Waals surface area contributed by atoms with Crippen molar-refractivity contribution >= 4 is 33.0 Å². The largest absolute Gasteiger partial charge is 0.254 e. The van der Waals surface area contributed by atoms with E-state index in [0.29, 0.717) is 0 Å². The number of nitrogens with zero attached hydrogens (tertiary/aromatic N) is 2. The van der Waals surface area contributed by atoms with E-state index in [1.165, 1.54) is 17.5 Å². The fourth-order valence-electron chi connectivity index (χ4n) is 0.977. The van der Waals surface area contributed by atoms with Gasteiger partial charge in [0.05, 0.1) is 6.20 Å². The molecule has 0 N–H and O–H groups in total. The van der Waals surface area contributed by atoms with Crippen LogP contribution in [-0.4, -0.2) is 31.3 Å². The Morgan fingerprint density at radius 2 is 2.33 bits per heavy atom. The van der Waals surface area contributed by atoms with Gasteiger partial charge in [0.25, 0.3) is 10.0 Å². The lowest BCUT2D eigenvalue weighted by Crippen LogP contribution is -2.27. The molecular weight excluding hydrogens is 256 g/mol. The molecule has 1 aromatic heterocycles. The fraction of sp³-hybridized carbons (Fsp3) is 0.375. The van der Waals surface area contributed by atoms with Crippen molar-refractivity contribution in [3.05, 3.63) is 22.8 Å². The number of rotatable bonds is 4. The maximum atomic E-state index is 11.9. The number of aromatic nitrogens is 1. The van der Waals surface area contributed by atoms with Crippen molar-refractivity contribution in [2.75, 3.05) is 13.6 Å². The van der Waals surface area contributed by atoms with Crippen molar-refractivity contribution in [3.8, 4) is 0 Å². The monoisotopic (exact) mass is 266 g/mol. The highest BCUT2D eigenvalue weighted by Gasteiger charge is 2.23. The Labute approximate surface area is 98.3 Å². The van der Waals surface area contributed by atoms with E-state index >= 15 is 0 Å². The summed E-state index contributed by atoms with van der Waals surface area (Å²) < 4.78 is 25.3. The predicted molar refractivity (Wildman–Crippen MR) is 61.8 cm³/mol. The average Bonchev–Trinajstić information content (AvgIpc) is 2.50. The maximum Gasteiger partial charge on any atom is 0.254 e. The Hall–Kier alpha value is -0.430. The Morgan fingerprint density at radius 1 is 1.73 bits per heavy atom. The molecule has 0 fully saturated rings. The van der Waals surface area contributed by atoms with Crippen molar-refractivity contribution in [3.63, 3.8) is 0 Å². The topological polar surface area (TPSA) is 50.3 Å². The summed E-state index contributed by atoms with van der Waals surface area (Å²) in [6.07, 6.45) is 1.26. The standard InChI is InChI=1S/C8H11ClN2O2S2/c1-6(2)5-11(3)15(12,13)7-4-10-8(9)14-7/h4H,1,5H2,2-3H3. The highest BCUT2D eigenvalue weighted by molar-refractivity contribution is 7.91. The molecule has 0 aliphatic carbocycles. The molecule has 0 saturated heterocycles. The molecule has 15 heavy (non-hydrogen) atoms. The minimum atomic E-state index is -3.47. The van der Waals surface area contributed by atoms with Gasteiger partial charge in [0.15, 0.2) is 8.68 Å². The van der Waals surface area contributed by atoms with E-state index in [1.807, 2.05) is 0 Å². The maximum absolute atomic E-state index is 11.9. The second-order valence-corrected chi connectivity index (χ2v) is 7.03. The molecule has 1 heterocycles. The van der Waals surface area contributed by atoms with Gasteiger partial charge in [-0.05, 0) is 6.92 Å². The molecule has 0 aliphatic rings. The summed E-state index contributed by atoms with van der Waals surface area (Å²) in [5.41, 5.74) is 0.775. The third-order valence-corrected chi connectivity index (χ3v) is 4.97. The first-order chi connectivity index (χ1) is 6.84. The summed E-state index contributed by atoms with van der Waals surface area (Å²) in [5.74, 6) is 0. The zero-order valence-electron chi connectivity index (χ0n) is 8.40. The molecule has 0 aromatic carbocycles. The van der Waals surface area contributed by atoms with Crippen molar-refractivity contribution in [1.29, 1.82) is 0 Å². The molecule has 4 nitrogen and oxygen atoms in total. The van der Waals surface area contributed by atoms with E-state index in [2.05, 4.69) is 11.6 Å². The highest BCUT2D eigenvalue weighted by Crippen LogP contribution is 2.24. The van der Waals surface area contributed by atoms with Crippen LogP contribution in [0.15, 0.2) is 22.6 Å². The molecule has 84 valence electrons. The lowest BCUT2D eigenvalue weighted by molar-refractivity contribution is 0.495. The Bertz CT molecular complexity index is 467. The number of thiazole rings is 1. The van der Waals surface area contributed by atoms with Gasteiger partial charge in [0, 0.05) is 13.6 Å². The van der Waals surface area contributed by atoms with Crippen molar-refractivity contribution in [1.82, 2.24) is 9.29 Å². The van der Waals surface area contributed by atoms with Crippen LogP contribution in [0.5, 0.6) is 0 Å². The molecule has 0 aliphatic heterocycles. The third kappa shape index (κ3) is 3.01. The highest BCUT2D eigenvalue weighted by atomic mass is 35.5. The van der Waals surface area contributed by atoms with Gasteiger partial charge in [-0.15, -0.1) is 0 Å². The van der Waals surface area contributed by atoms with Crippen LogP contribution < -0.4 is 0 Å². The van der Waals surface area contributed by atoms with Crippen LogP contribution in [0.3, 0.4) is 0 Å². The fourth-order valence-corrected chi connectivity index (χ4v) is 3.71. The summed E-state index contributed by atoms with van der Waals surface area (Å²) in [7, 11) is -1.97. The average molecular weight is 267 g/mol. The molecule has 0 atom stereocenters. The zero-order chi connectivity index (χ0) is 11.6. The molecule has 0 bridgehead atoms. The first-order valence-electron chi connectivity index (χ1n) is 4.06. The van der Waals surface area contributed by atoms with Gasteiger partial charge in [0.2, 0.25) is 0 Å². The Kier molecular flexibility index (Phi) is 3.88. The van der Waals surface area contributed by atoms with Gasteiger partial charge in [-0.3, -0.25) is 0 Å². The second-order valence-electron chi connectivity index (χ2n) is 3.15. The van der Waals surface area contributed by atoms with Gasteiger partial charge >= 0.3 is 0 Å². The van der Waals surface area contributed by atoms with Crippen molar-refractivity contribution in [2.45, 2.75) is 11.1 Å². The van der Waals surface area contributed by atoms with Gasteiger partial charge in [-0.2, -0.15) is 4.31 Å². The Balaban J connectivity index is 2.98. The zero-order valence-corrected chi connectivity index (χ0v) is 10.8. The van der Waals surface area contributed by atoms with Crippen LogP contribution in [0.4, 0.5) is 0 Å². The molecule has 0 amide bonds. The quantitative estimate of drug-likeness (QED) is 0.783. The summed E-state index contributed by atoms with van der Waals surface area (Å²) in [6, 6.07) is 0. The van der Waals surface area contributed by atoms with Gasteiger partial charge in [-0.1, -0.05) is 35.1 Å². The smallest absolute Gasteiger partial charge is 0.232 e. The van der Waals surface area contributed by atoms with Crippen LogP contribution in [0.1, 0.15) is 6.92 Å². The minimum Gasteiger partial charge on any atom is -0.232 e. The molecule has 1 rings (SSSR count). The van der Waals surface area contributed by atoms with Gasteiger partial charge in [0.1, 0.15) is 0 Å². The van der Waals surface area contributed by atoms with Crippen LogP contribution in [0, 0.1) is 0 Å². The van der Waals surface area contributed by atoms with Gasteiger partial charge < -0.3 is 0 Å². The molecule has 0 radical (unpaired) electrons. The molecule has 7 heteroatoms. The summed E-state index contributed by atoms with van der Waals surface area (Å²) in [6.45, 7) is 5.72. The number of hydrogen-bond acceptors (Lipinski definition) is 4. The lowest BCUT2D eigenvalue weighted by Gasteiger charge is -2.15. The number of hydrogen-bond donors (Lipinski definition) is 0. The van der Waals surface area contributed by atoms with E-state index < -0.39 is 10.0 Å². The third-order valence-electron chi connectivity index (χ3n) is 1.61. The van der Waals surface area contributed by atoms with E-state index in [9.17, 15) is 8.42 Å². The number of likely N-dealkylation sites (N-methyl/N-ethyl adjacent to an activating group) is 1. The molecule has 0 unspecified atom stereocenters. The van der Waals surface area contributed by atoms with E-state index in [0.717, 1.165) is 16.9 Å².